The number of rotatable bonds is 5. The van der Waals surface area contributed by atoms with E-state index in [-0.39, 0.29) is 0 Å². The molecule has 0 aliphatic carbocycles. The SMILES string of the molecule is c1ccc(-n2c3ccccc3c3cc(-c4ccc(N(c5ccc6c(ccc7ccccc76)c5)c5cc6c7ccccc7oc6c6ccccc56)cc4)ccc32)cc1. The molecule has 2 heterocycles. The molecule has 0 aliphatic heterocycles. The fraction of sp³-hybridized carbons (Fsp3) is 0. The molecule has 0 fully saturated rings. The lowest BCUT2D eigenvalue weighted by Crippen LogP contribution is -2.10. The van der Waals surface area contributed by atoms with Crippen LogP contribution in [0.5, 0.6) is 0 Å². The average Bonchev–Trinajstić information content (AvgIpc) is 3.83. The van der Waals surface area contributed by atoms with E-state index in [0.29, 0.717) is 0 Å². The van der Waals surface area contributed by atoms with Gasteiger partial charge in [-0.3, -0.25) is 0 Å². The highest BCUT2D eigenvalue weighted by molar-refractivity contribution is 6.20. The Hall–Kier alpha value is -7.62. The summed E-state index contributed by atoms with van der Waals surface area (Å²) in [6.07, 6.45) is 0. The molecule has 3 heteroatoms. The van der Waals surface area contributed by atoms with Gasteiger partial charge in [0, 0.05) is 49.4 Å². The Morgan fingerprint density at radius 3 is 1.84 bits per heavy atom. The Labute approximate surface area is 328 Å². The lowest BCUT2D eigenvalue weighted by atomic mass is 9.99. The standard InChI is InChI=1S/C54H34N2O/c1-2-13-39(14-3-1)56-50-20-10-8-17-45(50)48-33-37(26-31-51(48)56)35-24-27-40(28-25-35)55(41-29-30-43-38(32-41)23-22-36-12-4-5-15-42(36)43)52-34-49-46-18-9-11-21-53(46)57-54(49)47-19-7-6-16-44(47)52/h1-34H. The van der Waals surface area contributed by atoms with Crippen LogP contribution in [0.2, 0.25) is 0 Å². The van der Waals surface area contributed by atoms with Crippen molar-refractivity contribution in [1.29, 1.82) is 0 Å². The van der Waals surface area contributed by atoms with E-state index in [1.165, 1.54) is 54.5 Å². The molecule has 12 aromatic rings. The second-order valence-corrected chi connectivity index (χ2v) is 14.9. The number of fused-ring (bicyclic) bond motifs is 11. The van der Waals surface area contributed by atoms with E-state index in [1.807, 2.05) is 6.07 Å². The van der Waals surface area contributed by atoms with Gasteiger partial charge in [-0.2, -0.15) is 0 Å². The Bertz CT molecular complexity index is 3520. The van der Waals surface area contributed by atoms with Gasteiger partial charge in [-0.15, -0.1) is 0 Å². The first-order valence-electron chi connectivity index (χ1n) is 19.5. The predicted molar refractivity (Wildman–Crippen MR) is 241 cm³/mol. The van der Waals surface area contributed by atoms with Crippen LogP contribution in [-0.4, -0.2) is 4.57 Å². The van der Waals surface area contributed by atoms with Crippen molar-refractivity contribution >= 4 is 93.1 Å². The lowest BCUT2D eigenvalue weighted by molar-refractivity contribution is 0.672. The zero-order valence-corrected chi connectivity index (χ0v) is 30.9. The summed E-state index contributed by atoms with van der Waals surface area (Å²) < 4.78 is 8.91. The highest BCUT2D eigenvalue weighted by Gasteiger charge is 2.21. The van der Waals surface area contributed by atoms with Gasteiger partial charge in [-0.1, -0.05) is 140 Å². The van der Waals surface area contributed by atoms with Crippen LogP contribution in [0.1, 0.15) is 0 Å². The van der Waals surface area contributed by atoms with Gasteiger partial charge in [0.1, 0.15) is 11.2 Å². The largest absolute Gasteiger partial charge is 0.455 e. The molecule has 266 valence electrons. The maximum atomic E-state index is 6.54. The maximum Gasteiger partial charge on any atom is 0.143 e. The fourth-order valence-electron chi connectivity index (χ4n) is 9.09. The minimum absolute atomic E-state index is 0.896. The monoisotopic (exact) mass is 726 g/mol. The molecule has 57 heavy (non-hydrogen) atoms. The molecule has 3 nitrogen and oxygen atoms in total. The number of para-hydroxylation sites is 3. The Balaban J connectivity index is 1.05. The lowest BCUT2D eigenvalue weighted by Gasteiger charge is -2.27. The van der Waals surface area contributed by atoms with Crippen LogP contribution in [0.3, 0.4) is 0 Å². The van der Waals surface area contributed by atoms with Crippen LogP contribution >= 0.6 is 0 Å². The average molecular weight is 727 g/mol. The van der Waals surface area contributed by atoms with Crippen molar-refractivity contribution in [2.75, 3.05) is 4.90 Å². The molecule has 0 unspecified atom stereocenters. The van der Waals surface area contributed by atoms with Crippen molar-refractivity contribution in [3.05, 3.63) is 206 Å². The number of benzene rings is 10. The first-order valence-corrected chi connectivity index (χ1v) is 19.5. The number of hydrogen-bond donors (Lipinski definition) is 0. The zero-order valence-electron chi connectivity index (χ0n) is 30.9. The number of anilines is 3. The second-order valence-electron chi connectivity index (χ2n) is 14.9. The summed E-state index contributed by atoms with van der Waals surface area (Å²) >= 11 is 0. The third-order valence-corrected chi connectivity index (χ3v) is 11.7. The van der Waals surface area contributed by atoms with Crippen LogP contribution in [-0.2, 0) is 0 Å². The number of nitrogens with zero attached hydrogens (tertiary/aromatic N) is 2. The number of aromatic nitrogens is 1. The summed E-state index contributed by atoms with van der Waals surface area (Å²) in [5, 5.41) is 11.9. The van der Waals surface area contributed by atoms with E-state index in [0.717, 1.165) is 55.5 Å². The number of hydrogen-bond acceptors (Lipinski definition) is 2. The molecular formula is C54H34N2O. The summed E-state index contributed by atoms with van der Waals surface area (Å²) in [4.78, 5) is 2.42. The summed E-state index contributed by atoms with van der Waals surface area (Å²) in [7, 11) is 0. The Kier molecular flexibility index (Phi) is 6.93. The van der Waals surface area contributed by atoms with Crippen LogP contribution in [0.15, 0.2) is 211 Å². The van der Waals surface area contributed by atoms with Crippen LogP contribution in [0, 0.1) is 0 Å². The molecule has 10 aromatic carbocycles. The van der Waals surface area contributed by atoms with Gasteiger partial charge in [0.25, 0.3) is 0 Å². The quantitative estimate of drug-likeness (QED) is 0.165. The van der Waals surface area contributed by atoms with E-state index in [1.54, 1.807) is 0 Å². The number of furan rings is 1. The second kappa shape index (κ2) is 12.5. The molecule has 0 saturated carbocycles. The maximum absolute atomic E-state index is 6.54. The highest BCUT2D eigenvalue weighted by Crippen LogP contribution is 2.46. The molecule has 0 amide bonds. The molecule has 0 aliphatic rings. The minimum Gasteiger partial charge on any atom is -0.455 e. The smallest absolute Gasteiger partial charge is 0.143 e. The van der Waals surface area contributed by atoms with Crippen molar-refractivity contribution in [1.82, 2.24) is 4.57 Å². The van der Waals surface area contributed by atoms with Gasteiger partial charge in [-0.25, -0.2) is 0 Å². The first-order chi connectivity index (χ1) is 28.3. The third-order valence-electron chi connectivity index (χ3n) is 11.7. The molecule has 0 saturated heterocycles. The molecule has 0 N–H and O–H groups in total. The van der Waals surface area contributed by atoms with Crippen molar-refractivity contribution in [3.8, 4) is 16.8 Å². The van der Waals surface area contributed by atoms with Crippen molar-refractivity contribution in [2.45, 2.75) is 0 Å². The Morgan fingerprint density at radius 2 is 0.982 bits per heavy atom. The molecular weight excluding hydrogens is 693 g/mol. The van der Waals surface area contributed by atoms with Gasteiger partial charge in [0.2, 0.25) is 0 Å². The summed E-state index contributed by atoms with van der Waals surface area (Å²) in [5.41, 5.74) is 11.0. The fourth-order valence-corrected chi connectivity index (χ4v) is 9.09. The minimum atomic E-state index is 0.896. The van der Waals surface area contributed by atoms with E-state index in [2.05, 4.69) is 210 Å². The van der Waals surface area contributed by atoms with Crippen molar-refractivity contribution < 1.29 is 4.42 Å². The van der Waals surface area contributed by atoms with Gasteiger partial charge >= 0.3 is 0 Å². The zero-order chi connectivity index (χ0) is 37.5. The van der Waals surface area contributed by atoms with E-state index in [9.17, 15) is 0 Å². The molecule has 0 radical (unpaired) electrons. The molecule has 12 rings (SSSR count). The molecule has 0 bridgehead atoms. The molecule has 2 aromatic heterocycles. The van der Waals surface area contributed by atoms with E-state index < -0.39 is 0 Å². The van der Waals surface area contributed by atoms with Gasteiger partial charge in [-0.05, 0) is 99.4 Å². The topological polar surface area (TPSA) is 21.3 Å². The summed E-state index contributed by atoms with van der Waals surface area (Å²) in [5.74, 6) is 0. The van der Waals surface area contributed by atoms with Crippen LogP contribution in [0.25, 0.3) is 92.9 Å². The summed E-state index contributed by atoms with van der Waals surface area (Å²) in [6.45, 7) is 0. The van der Waals surface area contributed by atoms with E-state index in [4.69, 9.17) is 4.42 Å². The van der Waals surface area contributed by atoms with Gasteiger partial charge in [0.15, 0.2) is 0 Å². The first kappa shape index (κ1) is 31.7. The third kappa shape index (κ3) is 4.92. The summed E-state index contributed by atoms with van der Waals surface area (Å²) in [6, 6.07) is 74.6. The normalized spacial score (nSPS) is 11.9. The van der Waals surface area contributed by atoms with Gasteiger partial charge < -0.3 is 13.9 Å². The Morgan fingerprint density at radius 1 is 0.351 bits per heavy atom. The van der Waals surface area contributed by atoms with Crippen LogP contribution in [0.4, 0.5) is 17.1 Å². The predicted octanol–water partition coefficient (Wildman–Crippen LogP) is 15.3. The van der Waals surface area contributed by atoms with E-state index >= 15 is 0 Å². The molecule has 0 atom stereocenters. The highest BCUT2D eigenvalue weighted by atomic mass is 16.3. The van der Waals surface area contributed by atoms with Crippen molar-refractivity contribution in [2.24, 2.45) is 0 Å². The van der Waals surface area contributed by atoms with Crippen molar-refractivity contribution in [3.63, 3.8) is 0 Å². The van der Waals surface area contributed by atoms with Crippen LogP contribution < -0.4 is 4.90 Å². The molecule has 0 spiro atoms. The van der Waals surface area contributed by atoms with Gasteiger partial charge in [0.05, 0.1) is 16.7 Å².